The third-order valence-corrected chi connectivity index (χ3v) is 3.57. The fraction of sp³-hybridized carbons (Fsp3) is 0.917. The van der Waals surface area contributed by atoms with E-state index in [-0.39, 0.29) is 6.04 Å². The van der Waals surface area contributed by atoms with Crippen LogP contribution in [0.4, 0.5) is 0 Å². The van der Waals surface area contributed by atoms with Crippen molar-refractivity contribution in [2.24, 2.45) is 0 Å². The second-order valence-electron chi connectivity index (χ2n) is 4.94. The smallest absolute Gasteiger partial charge is 0.0967 e. The van der Waals surface area contributed by atoms with Gasteiger partial charge in [0.25, 0.3) is 0 Å². The lowest BCUT2D eigenvalue weighted by molar-refractivity contribution is 0.258. The van der Waals surface area contributed by atoms with Gasteiger partial charge in [0.05, 0.1) is 12.1 Å². The first-order chi connectivity index (χ1) is 7.29. The van der Waals surface area contributed by atoms with Crippen LogP contribution in [-0.2, 0) is 0 Å². The van der Waals surface area contributed by atoms with Crippen molar-refractivity contribution in [2.45, 2.75) is 57.2 Å². The van der Waals surface area contributed by atoms with Gasteiger partial charge >= 0.3 is 0 Å². The summed E-state index contributed by atoms with van der Waals surface area (Å²) in [5, 5.41) is 12.4. The molecule has 0 radical (unpaired) electrons. The molecular formula is C12H21N3. The summed E-state index contributed by atoms with van der Waals surface area (Å²) in [6, 6.07) is 3.82. The van der Waals surface area contributed by atoms with Gasteiger partial charge in [-0.15, -0.1) is 0 Å². The van der Waals surface area contributed by atoms with Gasteiger partial charge in [-0.25, -0.2) is 0 Å². The Morgan fingerprint density at radius 3 is 2.80 bits per heavy atom. The summed E-state index contributed by atoms with van der Waals surface area (Å²) in [6.07, 6.45) is 6.16. The second-order valence-corrected chi connectivity index (χ2v) is 4.94. The Bertz CT molecular complexity index is 242. The van der Waals surface area contributed by atoms with Gasteiger partial charge in [0.15, 0.2) is 0 Å². The average Bonchev–Trinajstić information content (AvgIpc) is 2.96. The van der Waals surface area contributed by atoms with E-state index in [0.29, 0.717) is 6.04 Å². The molecule has 0 bridgehead atoms. The van der Waals surface area contributed by atoms with E-state index >= 15 is 0 Å². The van der Waals surface area contributed by atoms with Gasteiger partial charge in [0, 0.05) is 18.6 Å². The van der Waals surface area contributed by atoms with Crippen LogP contribution in [-0.4, -0.2) is 36.1 Å². The highest BCUT2D eigenvalue weighted by Gasteiger charge is 2.26. The van der Waals surface area contributed by atoms with E-state index in [1.165, 1.54) is 32.2 Å². The summed E-state index contributed by atoms with van der Waals surface area (Å²) >= 11 is 0. The maximum absolute atomic E-state index is 9.01. The number of rotatable bonds is 5. The molecule has 3 heteroatoms. The Morgan fingerprint density at radius 1 is 1.47 bits per heavy atom. The lowest BCUT2D eigenvalue weighted by atomic mass is 10.2. The van der Waals surface area contributed by atoms with E-state index < -0.39 is 0 Å². The fourth-order valence-electron chi connectivity index (χ4n) is 2.34. The summed E-state index contributed by atoms with van der Waals surface area (Å²) < 4.78 is 0. The standard InChI is InChI=1S/C12H21N3/c1-10-3-2-7-15(10)8-6-12(9-13)14-11-4-5-11/h10-12,14H,2-8H2,1H3. The third kappa shape index (κ3) is 3.19. The van der Waals surface area contributed by atoms with Gasteiger partial charge < -0.3 is 4.90 Å². The topological polar surface area (TPSA) is 39.1 Å². The highest BCUT2D eigenvalue weighted by molar-refractivity contribution is 4.96. The molecule has 0 aromatic rings. The molecular weight excluding hydrogens is 186 g/mol. The molecule has 0 aromatic heterocycles. The number of hydrogen-bond donors (Lipinski definition) is 1. The molecule has 1 aliphatic carbocycles. The number of nitriles is 1. The first-order valence-electron chi connectivity index (χ1n) is 6.19. The van der Waals surface area contributed by atoms with Crippen LogP contribution in [0, 0.1) is 11.3 Å². The van der Waals surface area contributed by atoms with Crippen LogP contribution in [0.2, 0.25) is 0 Å². The number of nitrogens with zero attached hydrogens (tertiary/aromatic N) is 2. The highest BCUT2D eigenvalue weighted by Crippen LogP contribution is 2.21. The van der Waals surface area contributed by atoms with Crippen molar-refractivity contribution in [3.05, 3.63) is 0 Å². The normalized spacial score (nSPS) is 28.9. The number of likely N-dealkylation sites (tertiary alicyclic amines) is 1. The van der Waals surface area contributed by atoms with E-state index in [1.54, 1.807) is 0 Å². The lowest BCUT2D eigenvalue weighted by Gasteiger charge is -2.22. The molecule has 0 aromatic carbocycles. The number of nitrogens with one attached hydrogen (secondary N) is 1. The molecule has 2 fully saturated rings. The largest absolute Gasteiger partial charge is 0.301 e. The molecule has 15 heavy (non-hydrogen) atoms. The van der Waals surface area contributed by atoms with E-state index in [1.807, 2.05) is 0 Å². The van der Waals surface area contributed by atoms with E-state index in [9.17, 15) is 0 Å². The molecule has 3 nitrogen and oxygen atoms in total. The van der Waals surface area contributed by atoms with Crippen molar-refractivity contribution < 1.29 is 0 Å². The van der Waals surface area contributed by atoms with Crippen LogP contribution < -0.4 is 5.32 Å². The molecule has 1 aliphatic heterocycles. The van der Waals surface area contributed by atoms with E-state index in [0.717, 1.165) is 19.0 Å². The highest BCUT2D eigenvalue weighted by atomic mass is 15.2. The monoisotopic (exact) mass is 207 g/mol. The van der Waals surface area contributed by atoms with Crippen LogP contribution in [0.3, 0.4) is 0 Å². The van der Waals surface area contributed by atoms with E-state index in [2.05, 4.69) is 23.2 Å². The maximum atomic E-state index is 9.01. The Kier molecular flexibility index (Phi) is 3.61. The molecule has 1 saturated carbocycles. The fourth-order valence-corrected chi connectivity index (χ4v) is 2.34. The molecule has 2 unspecified atom stereocenters. The van der Waals surface area contributed by atoms with Gasteiger partial charge in [-0.3, -0.25) is 5.32 Å². The zero-order valence-corrected chi connectivity index (χ0v) is 9.58. The minimum Gasteiger partial charge on any atom is -0.301 e. The summed E-state index contributed by atoms with van der Waals surface area (Å²) in [5.74, 6) is 0. The van der Waals surface area contributed by atoms with Gasteiger partial charge in [-0.2, -0.15) is 5.26 Å². The molecule has 2 atom stereocenters. The van der Waals surface area contributed by atoms with E-state index in [4.69, 9.17) is 5.26 Å². The molecule has 1 N–H and O–H groups in total. The van der Waals surface area contributed by atoms with Crippen LogP contribution in [0.15, 0.2) is 0 Å². The van der Waals surface area contributed by atoms with Crippen molar-refractivity contribution in [3.8, 4) is 6.07 Å². The summed E-state index contributed by atoms with van der Waals surface area (Å²) in [7, 11) is 0. The minimum atomic E-state index is 0.0744. The van der Waals surface area contributed by atoms with Crippen molar-refractivity contribution in [1.29, 1.82) is 5.26 Å². The van der Waals surface area contributed by atoms with Gasteiger partial charge in [0.1, 0.15) is 0 Å². The van der Waals surface area contributed by atoms with Crippen molar-refractivity contribution in [2.75, 3.05) is 13.1 Å². The SMILES string of the molecule is CC1CCCN1CCC(C#N)NC1CC1. The molecule has 2 aliphatic rings. The summed E-state index contributed by atoms with van der Waals surface area (Å²) in [6.45, 7) is 4.60. The zero-order chi connectivity index (χ0) is 10.7. The van der Waals surface area contributed by atoms with Crippen molar-refractivity contribution in [1.82, 2.24) is 10.2 Å². The molecule has 0 amide bonds. The maximum Gasteiger partial charge on any atom is 0.0967 e. The predicted molar refractivity (Wildman–Crippen MR) is 60.4 cm³/mol. The Hall–Kier alpha value is -0.590. The van der Waals surface area contributed by atoms with Crippen LogP contribution in [0.1, 0.15) is 39.0 Å². The van der Waals surface area contributed by atoms with Gasteiger partial charge in [-0.1, -0.05) is 0 Å². The molecule has 1 saturated heterocycles. The van der Waals surface area contributed by atoms with Crippen LogP contribution in [0.25, 0.3) is 0 Å². The van der Waals surface area contributed by atoms with Crippen molar-refractivity contribution >= 4 is 0 Å². The Labute approximate surface area is 92.4 Å². The first-order valence-corrected chi connectivity index (χ1v) is 6.19. The first kappa shape index (κ1) is 10.9. The van der Waals surface area contributed by atoms with Gasteiger partial charge in [0.2, 0.25) is 0 Å². The minimum absolute atomic E-state index is 0.0744. The van der Waals surface area contributed by atoms with Gasteiger partial charge in [-0.05, 0) is 45.6 Å². The average molecular weight is 207 g/mol. The second kappa shape index (κ2) is 4.96. The quantitative estimate of drug-likeness (QED) is 0.742. The zero-order valence-electron chi connectivity index (χ0n) is 9.58. The molecule has 0 spiro atoms. The molecule has 2 rings (SSSR count). The third-order valence-electron chi connectivity index (χ3n) is 3.57. The Morgan fingerprint density at radius 2 is 2.27 bits per heavy atom. The van der Waals surface area contributed by atoms with Crippen LogP contribution >= 0.6 is 0 Å². The molecule has 1 heterocycles. The summed E-state index contributed by atoms with van der Waals surface area (Å²) in [5.41, 5.74) is 0. The summed E-state index contributed by atoms with van der Waals surface area (Å²) in [4.78, 5) is 2.51. The van der Waals surface area contributed by atoms with Crippen LogP contribution in [0.5, 0.6) is 0 Å². The lowest BCUT2D eigenvalue weighted by Crippen LogP contribution is -2.35. The predicted octanol–water partition coefficient (Wildman–Crippen LogP) is 1.50. The molecule has 84 valence electrons. The Balaban J connectivity index is 1.68. The number of hydrogen-bond acceptors (Lipinski definition) is 3. The van der Waals surface area contributed by atoms with Crippen molar-refractivity contribution in [3.63, 3.8) is 0 Å².